The van der Waals surface area contributed by atoms with Crippen LogP contribution < -0.4 is 15.5 Å². The molecule has 0 aliphatic heterocycles. The van der Waals surface area contributed by atoms with Gasteiger partial charge in [0, 0.05) is 11.8 Å². The monoisotopic (exact) mass is 479 g/mol. The lowest BCUT2D eigenvalue weighted by Crippen LogP contribution is -2.25. The molecule has 7 nitrogen and oxygen atoms in total. The third-order valence-electron chi connectivity index (χ3n) is 3.99. The number of hydrazone groups is 1. The molecule has 10 heteroatoms. The minimum absolute atomic E-state index is 0.217. The molecule has 2 aromatic carbocycles. The summed E-state index contributed by atoms with van der Waals surface area (Å²) in [6.45, 7) is 1.42. The predicted molar refractivity (Wildman–Crippen MR) is 120 cm³/mol. The van der Waals surface area contributed by atoms with Gasteiger partial charge in [-0.1, -0.05) is 46.9 Å². The number of hydrogen-bond acceptors (Lipinski definition) is 5. The van der Waals surface area contributed by atoms with Crippen molar-refractivity contribution in [3.8, 4) is 5.75 Å². The largest absolute Gasteiger partial charge is 0.482 e. The molecule has 160 valence electrons. The Kier molecular flexibility index (Phi) is 7.57. The van der Waals surface area contributed by atoms with E-state index in [-0.39, 0.29) is 39.1 Å². The Morgan fingerprint density at radius 2 is 1.74 bits per heavy atom. The van der Waals surface area contributed by atoms with Gasteiger partial charge in [0.15, 0.2) is 12.4 Å². The van der Waals surface area contributed by atoms with Crippen LogP contribution in [0.25, 0.3) is 0 Å². The van der Waals surface area contributed by atoms with Gasteiger partial charge in [0.25, 0.3) is 11.8 Å². The number of anilines is 1. The Balaban J connectivity index is 1.53. The van der Waals surface area contributed by atoms with Crippen molar-refractivity contribution in [2.24, 2.45) is 5.10 Å². The van der Waals surface area contributed by atoms with Crippen LogP contribution in [0.3, 0.4) is 0 Å². The zero-order chi connectivity index (χ0) is 22.4. The Hall–Kier alpha value is -3.00. The predicted octanol–water partition coefficient (Wildman–Crippen LogP) is 5.41. The number of rotatable bonds is 7. The van der Waals surface area contributed by atoms with E-state index in [0.717, 1.165) is 5.56 Å². The van der Waals surface area contributed by atoms with Crippen LogP contribution in [0.5, 0.6) is 5.75 Å². The van der Waals surface area contributed by atoms with Gasteiger partial charge in [0.2, 0.25) is 0 Å². The number of nitrogens with one attached hydrogen (secondary N) is 2. The Morgan fingerprint density at radius 3 is 2.42 bits per heavy atom. The number of carbonyl (C=O) groups excluding carboxylic acids is 2. The quantitative estimate of drug-likeness (QED) is 0.269. The van der Waals surface area contributed by atoms with Crippen LogP contribution in [0.15, 0.2) is 64.3 Å². The molecule has 0 bridgehead atoms. The molecule has 0 aliphatic carbocycles. The Morgan fingerprint density at radius 1 is 1.03 bits per heavy atom. The van der Waals surface area contributed by atoms with E-state index in [9.17, 15) is 9.59 Å². The van der Waals surface area contributed by atoms with Gasteiger partial charge in [-0.25, -0.2) is 5.43 Å². The van der Waals surface area contributed by atoms with Gasteiger partial charge in [-0.3, -0.25) is 9.59 Å². The van der Waals surface area contributed by atoms with E-state index in [1.807, 2.05) is 0 Å². The molecule has 0 saturated heterocycles. The second-order valence-corrected chi connectivity index (χ2v) is 7.45. The number of ether oxygens (including phenoxy) is 1. The molecule has 31 heavy (non-hydrogen) atoms. The number of furan rings is 1. The van der Waals surface area contributed by atoms with Crippen molar-refractivity contribution in [1.29, 1.82) is 0 Å². The van der Waals surface area contributed by atoms with Gasteiger partial charge in [0.05, 0.1) is 27.0 Å². The summed E-state index contributed by atoms with van der Waals surface area (Å²) in [4.78, 5) is 24.0. The van der Waals surface area contributed by atoms with Crippen molar-refractivity contribution in [2.75, 3.05) is 11.9 Å². The molecule has 0 atom stereocenters. The summed E-state index contributed by atoms with van der Waals surface area (Å²) >= 11 is 17.8. The summed E-state index contributed by atoms with van der Waals surface area (Å²) in [6.07, 6.45) is 1.43. The fourth-order valence-corrected chi connectivity index (χ4v) is 2.99. The van der Waals surface area contributed by atoms with Crippen LogP contribution in [-0.2, 0) is 4.79 Å². The molecule has 0 aliphatic rings. The summed E-state index contributed by atoms with van der Waals surface area (Å²) in [5.74, 6) is -0.380. The van der Waals surface area contributed by atoms with E-state index < -0.39 is 5.91 Å². The van der Waals surface area contributed by atoms with E-state index in [4.69, 9.17) is 44.0 Å². The molecule has 0 unspecified atom stereocenters. The Labute approximate surface area is 192 Å². The first kappa shape index (κ1) is 22.7. The molecule has 0 fully saturated rings. The van der Waals surface area contributed by atoms with Crippen molar-refractivity contribution in [1.82, 2.24) is 5.43 Å². The number of benzene rings is 2. The highest BCUT2D eigenvalue weighted by atomic mass is 35.5. The highest BCUT2D eigenvalue weighted by Gasteiger charge is 2.10. The first-order valence-electron chi connectivity index (χ1n) is 8.89. The molecule has 0 spiro atoms. The van der Waals surface area contributed by atoms with Gasteiger partial charge in [-0.15, -0.1) is 0 Å². The minimum Gasteiger partial charge on any atom is -0.482 e. The van der Waals surface area contributed by atoms with Crippen molar-refractivity contribution >= 4 is 58.0 Å². The summed E-state index contributed by atoms with van der Waals surface area (Å²) in [5, 5.41) is 7.55. The lowest BCUT2D eigenvalue weighted by Gasteiger charge is -2.09. The van der Waals surface area contributed by atoms with E-state index >= 15 is 0 Å². The van der Waals surface area contributed by atoms with Crippen LogP contribution in [-0.4, -0.2) is 24.1 Å². The van der Waals surface area contributed by atoms with Crippen molar-refractivity contribution in [2.45, 2.75) is 6.92 Å². The normalized spacial score (nSPS) is 11.2. The molecular formula is C21H16Cl3N3O4. The summed E-state index contributed by atoms with van der Waals surface area (Å²) < 4.78 is 10.4. The zero-order valence-corrected chi connectivity index (χ0v) is 18.4. The second kappa shape index (κ2) is 10.3. The number of halogens is 3. The average molecular weight is 481 g/mol. The molecule has 3 aromatic rings. The summed E-state index contributed by atoms with van der Waals surface area (Å²) in [5.41, 5.74) is 4.31. The molecule has 3 rings (SSSR count). The molecule has 1 aromatic heterocycles. The fourth-order valence-electron chi connectivity index (χ4n) is 2.40. The van der Waals surface area contributed by atoms with Crippen molar-refractivity contribution < 1.29 is 18.7 Å². The molecule has 2 amide bonds. The first-order valence-corrected chi connectivity index (χ1v) is 10.0. The maximum absolute atomic E-state index is 12.0. The van der Waals surface area contributed by atoms with E-state index in [1.54, 1.807) is 43.3 Å². The number of hydrogen-bond donors (Lipinski definition) is 2. The third kappa shape index (κ3) is 6.24. The van der Waals surface area contributed by atoms with Crippen LogP contribution in [0.1, 0.15) is 23.0 Å². The number of amides is 2. The molecular weight excluding hydrogens is 465 g/mol. The summed E-state index contributed by atoms with van der Waals surface area (Å²) in [7, 11) is 0. The fraction of sp³-hybridized carbons (Fsp3) is 0.0952. The van der Waals surface area contributed by atoms with Gasteiger partial charge >= 0.3 is 0 Å². The topological polar surface area (TPSA) is 92.9 Å². The van der Waals surface area contributed by atoms with Crippen LogP contribution in [0.4, 0.5) is 5.69 Å². The lowest BCUT2D eigenvalue weighted by atomic mass is 10.1. The highest BCUT2D eigenvalue weighted by Crippen LogP contribution is 2.33. The molecule has 1 heterocycles. The van der Waals surface area contributed by atoms with E-state index in [1.165, 1.54) is 18.4 Å². The Bertz CT molecular complexity index is 1110. The molecule has 0 radical (unpaired) electrons. The third-order valence-corrected chi connectivity index (χ3v) is 5.00. The van der Waals surface area contributed by atoms with Crippen LogP contribution >= 0.6 is 34.8 Å². The highest BCUT2D eigenvalue weighted by molar-refractivity contribution is 6.43. The maximum atomic E-state index is 12.0. The van der Waals surface area contributed by atoms with Gasteiger partial charge in [0.1, 0.15) is 5.75 Å². The lowest BCUT2D eigenvalue weighted by molar-refractivity contribution is -0.123. The van der Waals surface area contributed by atoms with Gasteiger partial charge in [-0.05, 0) is 42.8 Å². The second-order valence-electron chi connectivity index (χ2n) is 6.23. The van der Waals surface area contributed by atoms with E-state index in [2.05, 4.69) is 15.8 Å². The average Bonchev–Trinajstić information content (AvgIpc) is 3.29. The molecule has 0 saturated carbocycles. The maximum Gasteiger partial charge on any atom is 0.291 e. The smallest absolute Gasteiger partial charge is 0.291 e. The SMILES string of the molecule is CC(=NNC(=O)COc1cc(Cl)c(Cl)cc1Cl)c1ccc(NC(=O)c2ccco2)cc1. The van der Waals surface area contributed by atoms with Crippen LogP contribution in [0, 0.1) is 0 Å². The number of carbonyl (C=O) groups is 2. The van der Waals surface area contributed by atoms with Crippen molar-refractivity contribution in [3.05, 3.63) is 81.2 Å². The first-order chi connectivity index (χ1) is 14.8. The molecule has 2 N–H and O–H groups in total. The van der Waals surface area contributed by atoms with E-state index in [0.29, 0.717) is 11.4 Å². The zero-order valence-electron chi connectivity index (χ0n) is 16.1. The van der Waals surface area contributed by atoms with Gasteiger partial charge in [-0.2, -0.15) is 5.10 Å². The van der Waals surface area contributed by atoms with Crippen LogP contribution in [0.2, 0.25) is 15.1 Å². The van der Waals surface area contributed by atoms with Gasteiger partial charge < -0.3 is 14.5 Å². The minimum atomic E-state index is -0.483. The standard InChI is InChI=1S/C21H16Cl3N3O4/c1-12(13-4-6-14(7-5-13)25-21(29)18-3-2-8-30-18)26-27-20(28)11-31-19-10-16(23)15(22)9-17(19)24/h2-10H,11H2,1H3,(H,25,29)(H,27,28). The summed E-state index contributed by atoms with van der Waals surface area (Å²) in [6, 6.07) is 13.0. The van der Waals surface area contributed by atoms with Crippen molar-refractivity contribution in [3.63, 3.8) is 0 Å². The number of nitrogens with zero attached hydrogens (tertiary/aromatic N) is 1.